The Morgan fingerprint density at radius 2 is 2.24 bits per heavy atom. The smallest absolute Gasteiger partial charge is 0.224 e. The number of nitrogens with two attached hydrogens (primary N) is 1. The Morgan fingerprint density at radius 3 is 3.00 bits per heavy atom. The molecule has 17 heavy (non-hydrogen) atoms. The van der Waals surface area contributed by atoms with E-state index in [0.717, 1.165) is 23.4 Å². The van der Waals surface area contributed by atoms with Crippen LogP contribution in [0.15, 0.2) is 12.1 Å². The molecule has 1 aromatic carbocycles. The van der Waals surface area contributed by atoms with Gasteiger partial charge in [-0.05, 0) is 30.5 Å². The first-order valence-electron chi connectivity index (χ1n) is 5.77. The molecule has 1 aliphatic heterocycles. The van der Waals surface area contributed by atoms with Gasteiger partial charge in [0.1, 0.15) is 0 Å². The van der Waals surface area contributed by atoms with Crippen LogP contribution in [0.25, 0.3) is 0 Å². The van der Waals surface area contributed by atoms with Crippen LogP contribution in [0.3, 0.4) is 0 Å². The largest absolute Gasteiger partial charge is 0.397 e. The number of anilines is 3. The average molecular weight is 235 g/mol. The summed E-state index contributed by atoms with van der Waals surface area (Å²) in [6.45, 7) is 0.808. The molecule has 0 radical (unpaired) electrons. The first-order chi connectivity index (χ1) is 8.20. The summed E-state index contributed by atoms with van der Waals surface area (Å²) in [5.41, 5.74) is 9.32. The predicted octanol–water partition coefficient (Wildman–Crippen LogP) is 0.948. The minimum absolute atomic E-state index is 0.0450. The van der Waals surface area contributed by atoms with Crippen LogP contribution >= 0.6 is 0 Å². The monoisotopic (exact) mass is 235 g/mol. The summed E-state index contributed by atoms with van der Waals surface area (Å²) in [6.07, 6.45) is 1.93. The Kier molecular flexibility index (Phi) is 3.49. The number of rotatable bonds is 4. The number of fused-ring (bicyclic) bond motifs is 1. The Morgan fingerprint density at radius 1 is 1.41 bits per heavy atom. The molecule has 1 aliphatic rings. The lowest BCUT2D eigenvalue weighted by Crippen LogP contribution is -2.19. The zero-order valence-electron chi connectivity index (χ0n) is 9.62. The van der Waals surface area contributed by atoms with Crippen LogP contribution in [0.5, 0.6) is 0 Å². The molecule has 0 saturated carbocycles. The summed E-state index contributed by atoms with van der Waals surface area (Å²) in [5.74, 6) is 0.0450. The number of carbonyl (C=O) groups is 1. The van der Waals surface area contributed by atoms with Gasteiger partial charge in [0.05, 0.1) is 11.4 Å². The molecule has 1 aromatic rings. The van der Waals surface area contributed by atoms with Crippen molar-refractivity contribution in [3.8, 4) is 0 Å². The minimum Gasteiger partial charge on any atom is -0.397 e. The quantitative estimate of drug-likeness (QED) is 0.462. The lowest BCUT2D eigenvalue weighted by atomic mass is 10.0. The second-order valence-electron chi connectivity index (χ2n) is 4.15. The molecular formula is C12H17N3O2. The fourth-order valence-corrected chi connectivity index (χ4v) is 1.90. The third-order valence-electron chi connectivity index (χ3n) is 2.82. The zero-order valence-corrected chi connectivity index (χ0v) is 9.62. The van der Waals surface area contributed by atoms with E-state index in [1.807, 2.05) is 12.1 Å². The molecule has 0 spiro atoms. The van der Waals surface area contributed by atoms with Gasteiger partial charge >= 0.3 is 0 Å². The molecule has 0 unspecified atom stereocenters. The van der Waals surface area contributed by atoms with E-state index in [1.54, 1.807) is 0 Å². The Bertz CT molecular complexity index is 432. The lowest BCUT2D eigenvalue weighted by molar-refractivity contribution is -0.116. The summed E-state index contributed by atoms with van der Waals surface area (Å²) >= 11 is 0. The number of amides is 1. The van der Waals surface area contributed by atoms with Crippen molar-refractivity contribution >= 4 is 23.0 Å². The van der Waals surface area contributed by atoms with Gasteiger partial charge in [0.2, 0.25) is 5.91 Å². The van der Waals surface area contributed by atoms with Gasteiger partial charge in [-0.2, -0.15) is 0 Å². The third kappa shape index (κ3) is 2.68. The van der Waals surface area contributed by atoms with Crippen LogP contribution in [-0.4, -0.2) is 24.2 Å². The van der Waals surface area contributed by atoms with E-state index >= 15 is 0 Å². The van der Waals surface area contributed by atoms with Crippen molar-refractivity contribution in [2.45, 2.75) is 19.3 Å². The van der Waals surface area contributed by atoms with Crippen molar-refractivity contribution in [3.05, 3.63) is 17.7 Å². The third-order valence-corrected chi connectivity index (χ3v) is 2.82. The number of benzene rings is 1. The molecule has 5 nitrogen and oxygen atoms in total. The molecule has 0 bridgehead atoms. The van der Waals surface area contributed by atoms with Gasteiger partial charge < -0.3 is 21.5 Å². The van der Waals surface area contributed by atoms with Gasteiger partial charge in [0.25, 0.3) is 0 Å². The van der Waals surface area contributed by atoms with Crippen molar-refractivity contribution in [3.63, 3.8) is 0 Å². The fourth-order valence-electron chi connectivity index (χ4n) is 1.90. The van der Waals surface area contributed by atoms with E-state index in [-0.39, 0.29) is 12.5 Å². The van der Waals surface area contributed by atoms with E-state index in [1.165, 1.54) is 0 Å². The van der Waals surface area contributed by atoms with E-state index < -0.39 is 0 Å². The molecule has 1 amide bonds. The van der Waals surface area contributed by atoms with Crippen LogP contribution in [0.4, 0.5) is 17.1 Å². The number of carbonyl (C=O) groups excluding carboxylic acids is 1. The van der Waals surface area contributed by atoms with Crippen LogP contribution in [0, 0.1) is 0 Å². The number of nitrogen functional groups attached to an aromatic ring is 1. The highest BCUT2D eigenvalue weighted by molar-refractivity contribution is 5.95. The van der Waals surface area contributed by atoms with Crippen LogP contribution < -0.4 is 16.4 Å². The summed E-state index contributed by atoms with van der Waals surface area (Å²) in [7, 11) is 0. The molecule has 0 fully saturated rings. The van der Waals surface area contributed by atoms with E-state index in [2.05, 4.69) is 10.6 Å². The Hall–Kier alpha value is -1.75. The molecule has 2 rings (SSSR count). The number of aliphatic hydroxyl groups is 1. The molecule has 5 N–H and O–H groups in total. The molecule has 0 atom stereocenters. The highest BCUT2D eigenvalue weighted by atomic mass is 16.3. The maximum atomic E-state index is 11.3. The topological polar surface area (TPSA) is 87.4 Å². The van der Waals surface area contributed by atoms with E-state index in [0.29, 0.717) is 25.1 Å². The second kappa shape index (κ2) is 5.05. The number of hydrogen-bond acceptors (Lipinski definition) is 4. The molecule has 92 valence electrons. The van der Waals surface area contributed by atoms with Crippen LogP contribution in [-0.2, 0) is 11.2 Å². The molecule has 0 aliphatic carbocycles. The van der Waals surface area contributed by atoms with Gasteiger partial charge in [-0.3, -0.25) is 4.79 Å². The minimum atomic E-state index is 0.0450. The Labute approximate surface area is 100 Å². The lowest BCUT2D eigenvalue weighted by Gasteiger charge is -2.19. The van der Waals surface area contributed by atoms with Crippen molar-refractivity contribution in [2.24, 2.45) is 0 Å². The maximum absolute atomic E-state index is 11.3. The highest BCUT2D eigenvalue weighted by Crippen LogP contribution is 2.30. The van der Waals surface area contributed by atoms with Gasteiger partial charge in [-0.1, -0.05) is 0 Å². The van der Waals surface area contributed by atoms with Crippen molar-refractivity contribution in [1.29, 1.82) is 0 Å². The Balaban J connectivity index is 2.17. The number of hydrogen-bond donors (Lipinski definition) is 4. The summed E-state index contributed by atoms with van der Waals surface area (Å²) in [5, 5.41) is 14.7. The first kappa shape index (κ1) is 11.7. The van der Waals surface area contributed by atoms with E-state index in [4.69, 9.17) is 10.8 Å². The van der Waals surface area contributed by atoms with E-state index in [9.17, 15) is 4.79 Å². The normalized spacial score (nSPS) is 14.1. The average Bonchev–Trinajstić information content (AvgIpc) is 2.31. The van der Waals surface area contributed by atoms with Gasteiger partial charge in [0, 0.05) is 25.3 Å². The molecule has 0 saturated heterocycles. The van der Waals surface area contributed by atoms with Gasteiger partial charge in [0.15, 0.2) is 0 Å². The number of aryl methyl sites for hydroxylation is 1. The summed E-state index contributed by atoms with van der Waals surface area (Å²) in [6, 6.07) is 3.76. The maximum Gasteiger partial charge on any atom is 0.224 e. The van der Waals surface area contributed by atoms with Crippen LogP contribution in [0.2, 0.25) is 0 Å². The van der Waals surface area contributed by atoms with Crippen molar-refractivity contribution < 1.29 is 9.90 Å². The van der Waals surface area contributed by atoms with Crippen molar-refractivity contribution in [1.82, 2.24) is 0 Å². The molecular weight excluding hydrogens is 218 g/mol. The molecule has 1 heterocycles. The molecule has 0 aromatic heterocycles. The summed E-state index contributed by atoms with van der Waals surface area (Å²) < 4.78 is 0. The summed E-state index contributed by atoms with van der Waals surface area (Å²) in [4.78, 5) is 11.3. The first-order valence-corrected chi connectivity index (χ1v) is 5.77. The zero-order chi connectivity index (χ0) is 12.3. The van der Waals surface area contributed by atoms with Crippen molar-refractivity contribution in [2.75, 3.05) is 29.5 Å². The fraction of sp³-hybridized carbons (Fsp3) is 0.417. The SMILES string of the molecule is Nc1cc2c(cc1NCCCO)NC(=O)CC2. The molecule has 5 heteroatoms. The predicted molar refractivity (Wildman–Crippen MR) is 68.0 cm³/mol. The standard InChI is InChI=1S/C12H17N3O2/c13-9-6-8-2-3-12(17)15-10(8)7-11(9)14-4-1-5-16/h6-7,14,16H,1-5,13H2,(H,15,17). The highest BCUT2D eigenvalue weighted by Gasteiger charge is 2.16. The van der Waals surface area contributed by atoms with Gasteiger partial charge in [-0.15, -0.1) is 0 Å². The second-order valence-corrected chi connectivity index (χ2v) is 4.15. The number of aliphatic hydroxyl groups excluding tert-OH is 1. The number of nitrogens with one attached hydrogen (secondary N) is 2. The van der Waals surface area contributed by atoms with Crippen LogP contribution in [0.1, 0.15) is 18.4 Å². The van der Waals surface area contributed by atoms with Gasteiger partial charge in [-0.25, -0.2) is 0 Å².